The third kappa shape index (κ3) is 2.73. The summed E-state index contributed by atoms with van der Waals surface area (Å²) >= 11 is 0. The third-order valence-corrected chi connectivity index (χ3v) is 3.19. The van der Waals surface area contributed by atoms with Crippen molar-refractivity contribution in [3.63, 3.8) is 0 Å². The summed E-state index contributed by atoms with van der Waals surface area (Å²) in [5.41, 5.74) is 4.85. The van der Waals surface area contributed by atoms with E-state index in [-0.39, 0.29) is 0 Å². The largest absolute Gasteiger partial charge is 0.376 e. The number of aryl methyl sites for hydroxylation is 3. The molecule has 0 aliphatic carbocycles. The van der Waals surface area contributed by atoms with E-state index in [0.29, 0.717) is 6.04 Å². The normalized spacial score (nSPS) is 12.4. The minimum absolute atomic E-state index is 0.292. The van der Waals surface area contributed by atoms with Crippen LogP contribution in [0.4, 0.5) is 5.69 Å². The van der Waals surface area contributed by atoms with Gasteiger partial charge in [-0.2, -0.15) is 5.10 Å². The highest BCUT2D eigenvalue weighted by Crippen LogP contribution is 2.22. The van der Waals surface area contributed by atoms with Gasteiger partial charge in [-0.1, -0.05) is 36.8 Å². The van der Waals surface area contributed by atoms with Crippen molar-refractivity contribution in [1.82, 2.24) is 9.78 Å². The molecule has 2 aromatic rings. The van der Waals surface area contributed by atoms with Crippen LogP contribution in [0.5, 0.6) is 0 Å². The van der Waals surface area contributed by atoms with Crippen LogP contribution in [-0.4, -0.2) is 9.78 Å². The van der Waals surface area contributed by atoms with Crippen LogP contribution in [0.2, 0.25) is 0 Å². The van der Waals surface area contributed by atoms with Gasteiger partial charge in [-0.15, -0.1) is 0 Å². The Balaban J connectivity index is 2.15. The van der Waals surface area contributed by atoms with Gasteiger partial charge in [-0.3, -0.25) is 4.68 Å². The van der Waals surface area contributed by atoms with Gasteiger partial charge < -0.3 is 5.32 Å². The Morgan fingerprint density at radius 3 is 2.56 bits per heavy atom. The maximum absolute atomic E-state index is 4.44. The maximum Gasteiger partial charge on any atom is 0.0853 e. The summed E-state index contributed by atoms with van der Waals surface area (Å²) in [5, 5.41) is 7.98. The second-order valence-corrected chi connectivity index (χ2v) is 4.79. The molecule has 1 atom stereocenters. The molecule has 1 aromatic carbocycles. The lowest BCUT2D eigenvalue weighted by atomic mass is 10.1. The van der Waals surface area contributed by atoms with E-state index in [9.17, 15) is 0 Å². The number of rotatable bonds is 4. The van der Waals surface area contributed by atoms with Crippen molar-refractivity contribution < 1.29 is 0 Å². The van der Waals surface area contributed by atoms with Crippen molar-refractivity contribution in [1.29, 1.82) is 0 Å². The first-order chi connectivity index (χ1) is 8.60. The predicted octanol–water partition coefficient (Wildman–Crippen LogP) is 3.46. The smallest absolute Gasteiger partial charge is 0.0853 e. The highest BCUT2D eigenvalue weighted by molar-refractivity contribution is 5.48. The molecule has 1 heterocycles. The molecule has 0 aliphatic heterocycles. The fraction of sp³-hybridized carbons (Fsp3) is 0.400. The number of nitrogens with one attached hydrogen (secondary N) is 1. The lowest BCUT2D eigenvalue weighted by molar-refractivity contribution is 0.746. The molecule has 0 bridgehead atoms. The number of anilines is 1. The molecule has 1 unspecified atom stereocenters. The minimum atomic E-state index is 0.292. The molecule has 96 valence electrons. The first-order valence-electron chi connectivity index (χ1n) is 6.45. The fourth-order valence-corrected chi connectivity index (χ4v) is 2.09. The zero-order chi connectivity index (χ0) is 13.1. The average molecular weight is 243 g/mol. The van der Waals surface area contributed by atoms with Crippen molar-refractivity contribution in [3.8, 4) is 0 Å². The summed E-state index contributed by atoms with van der Waals surface area (Å²) < 4.78 is 1.86. The van der Waals surface area contributed by atoms with Crippen LogP contribution in [0, 0.1) is 6.92 Å². The monoisotopic (exact) mass is 243 g/mol. The summed E-state index contributed by atoms with van der Waals surface area (Å²) in [6, 6.07) is 8.94. The van der Waals surface area contributed by atoms with Crippen LogP contribution in [-0.2, 0) is 13.5 Å². The number of aromatic nitrogens is 2. The van der Waals surface area contributed by atoms with Crippen LogP contribution in [0.1, 0.15) is 36.7 Å². The Morgan fingerprint density at radius 2 is 1.94 bits per heavy atom. The van der Waals surface area contributed by atoms with Gasteiger partial charge >= 0.3 is 0 Å². The molecule has 0 aliphatic rings. The summed E-state index contributed by atoms with van der Waals surface area (Å²) in [6.45, 7) is 6.42. The Morgan fingerprint density at radius 1 is 1.28 bits per heavy atom. The topological polar surface area (TPSA) is 29.9 Å². The second kappa shape index (κ2) is 5.25. The minimum Gasteiger partial charge on any atom is -0.376 e. The van der Waals surface area contributed by atoms with E-state index in [1.807, 2.05) is 17.9 Å². The molecule has 18 heavy (non-hydrogen) atoms. The van der Waals surface area contributed by atoms with E-state index in [0.717, 1.165) is 17.8 Å². The second-order valence-electron chi connectivity index (χ2n) is 4.79. The van der Waals surface area contributed by atoms with Gasteiger partial charge in [0.25, 0.3) is 0 Å². The van der Waals surface area contributed by atoms with E-state index < -0.39 is 0 Å². The number of hydrogen-bond acceptors (Lipinski definition) is 2. The van der Waals surface area contributed by atoms with E-state index in [1.165, 1.54) is 11.1 Å². The van der Waals surface area contributed by atoms with Crippen LogP contribution >= 0.6 is 0 Å². The summed E-state index contributed by atoms with van der Waals surface area (Å²) in [5.74, 6) is 0. The van der Waals surface area contributed by atoms with E-state index in [1.54, 1.807) is 0 Å². The summed E-state index contributed by atoms with van der Waals surface area (Å²) in [4.78, 5) is 0. The van der Waals surface area contributed by atoms with Crippen LogP contribution in [0.15, 0.2) is 30.5 Å². The van der Waals surface area contributed by atoms with Crippen molar-refractivity contribution in [2.75, 3.05) is 5.32 Å². The first kappa shape index (κ1) is 12.7. The molecule has 0 saturated heterocycles. The summed E-state index contributed by atoms with van der Waals surface area (Å²) in [7, 11) is 1.96. The molecule has 1 aromatic heterocycles. The van der Waals surface area contributed by atoms with Gasteiger partial charge in [0.1, 0.15) is 0 Å². The zero-order valence-corrected chi connectivity index (χ0v) is 11.6. The number of nitrogens with zero attached hydrogens (tertiary/aromatic N) is 2. The number of benzene rings is 1. The third-order valence-electron chi connectivity index (χ3n) is 3.19. The Hall–Kier alpha value is -1.77. The van der Waals surface area contributed by atoms with Crippen molar-refractivity contribution >= 4 is 5.69 Å². The fourth-order valence-electron chi connectivity index (χ4n) is 2.09. The molecule has 3 heteroatoms. The molecule has 1 N–H and O–H groups in total. The number of hydrogen-bond donors (Lipinski definition) is 1. The van der Waals surface area contributed by atoms with Gasteiger partial charge in [-0.05, 0) is 25.8 Å². The van der Waals surface area contributed by atoms with Crippen molar-refractivity contribution in [2.45, 2.75) is 33.2 Å². The van der Waals surface area contributed by atoms with Crippen LogP contribution in [0.3, 0.4) is 0 Å². The zero-order valence-electron chi connectivity index (χ0n) is 11.6. The van der Waals surface area contributed by atoms with E-state index >= 15 is 0 Å². The first-order valence-corrected chi connectivity index (χ1v) is 6.45. The van der Waals surface area contributed by atoms with E-state index in [4.69, 9.17) is 0 Å². The molecule has 3 nitrogen and oxygen atoms in total. The van der Waals surface area contributed by atoms with E-state index in [2.05, 4.69) is 55.5 Å². The molecule has 0 amide bonds. The van der Waals surface area contributed by atoms with Gasteiger partial charge in [0.05, 0.1) is 11.4 Å². The summed E-state index contributed by atoms with van der Waals surface area (Å²) in [6.07, 6.45) is 2.99. The lowest BCUT2D eigenvalue weighted by Crippen LogP contribution is -2.07. The molecule has 0 fully saturated rings. The van der Waals surface area contributed by atoms with Crippen LogP contribution < -0.4 is 5.32 Å². The predicted molar refractivity (Wildman–Crippen MR) is 75.8 cm³/mol. The van der Waals surface area contributed by atoms with Crippen molar-refractivity contribution in [2.24, 2.45) is 7.05 Å². The van der Waals surface area contributed by atoms with Gasteiger partial charge in [0.2, 0.25) is 0 Å². The SMILES string of the molecule is CCc1nn(C)cc1NC(C)c1ccc(C)cc1. The Bertz CT molecular complexity index is 511. The molecule has 0 saturated carbocycles. The highest BCUT2D eigenvalue weighted by Gasteiger charge is 2.10. The molecular weight excluding hydrogens is 222 g/mol. The van der Waals surface area contributed by atoms with Gasteiger partial charge in [-0.25, -0.2) is 0 Å². The molecule has 2 rings (SSSR count). The van der Waals surface area contributed by atoms with Crippen LogP contribution in [0.25, 0.3) is 0 Å². The lowest BCUT2D eigenvalue weighted by Gasteiger charge is -2.15. The highest BCUT2D eigenvalue weighted by atomic mass is 15.3. The Labute approximate surface area is 109 Å². The molecular formula is C15H21N3. The van der Waals surface area contributed by atoms with Gasteiger partial charge in [0.15, 0.2) is 0 Å². The Kier molecular flexibility index (Phi) is 3.70. The molecule has 0 spiro atoms. The molecule has 0 radical (unpaired) electrons. The van der Waals surface area contributed by atoms with Gasteiger partial charge in [0, 0.05) is 19.3 Å². The van der Waals surface area contributed by atoms with Crippen molar-refractivity contribution in [3.05, 3.63) is 47.3 Å². The average Bonchev–Trinajstić information content (AvgIpc) is 2.70. The standard InChI is InChI=1S/C15H21N3/c1-5-14-15(10-18(4)17-14)16-12(3)13-8-6-11(2)7-9-13/h6-10,12,16H,5H2,1-4H3. The quantitative estimate of drug-likeness (QED) is 0.891. The maximum atomic E-state index is 4.44.